The number of aromatic nitrogens is 3. The molecule has 0 fully saturated rings. The highest BCUT2D eigenvalue weighted by Gasteiger charge is 2.35. The molecule has 0 saturated heterocycles. The maximum absolute atomic E-state index is 13.7. The van der Waals surface area contributed by atoms with E-state index >= 15 is 0 Å². The summed E-state index contributed by atoms with van der Waals surface area (Å²) in [6.45, 7) is 0. The van der Waals surface area contributed by atoms with E-state index in [1.165, 1.54) is 0 Å². The number of nitrogens with zero attached hydrogens (tertiary/aromatic N) is 3. The maximum Gasteiger partial charge on any atom is 0.196 e. The summed E-state index contributed by atoms with van der Waals surface area (Å²) in [4.78, 5) is 19.9. The number of thiophene rings is 1. The molecule has 3 heterocycles. The van der Waals surface area contributed by atoms with Crippen molar-refractivity contribution in [1.29, 1.82) is 0 Å². The molecule has 1 aliphatic rings. The summed E-state index contributed by atoms with van der Waals surface area (Å²) in [6.07, 6.45) is 0. The van der Waals surface area contributed by atoms with Crippen molar-refractivity contribution in [1.82, 2.24) is 14.8 Å². The van der Waals surface area contributed by atoms with Gasteiger partial charge in [-0.05, 0) is 35.7 Å². The third-order valence-corrected chi connectivity index (χ3v) is 7.77. The van der Waals surface area contributed by atoms with Gasteiger partial charge in [0.15, 0.2) is 11.4 Å². The van der Waals surface area contributed by atoms with Crippen LogP contribution in [0, 0.1) is 0 Å². The van der Waals surface area contributed by atoms with Crippen LogP contribution in [0.3, 0.4) is 0 Å². The van der Waals surface area contributed by atoms with Gasteiger partial charge in [-0.15, -0.1) is 11.3 Å². The third-order valence-electron chi connectivity index (χ3n) is 6.36. The molecule has 1 aliphatic carbocycles. The number of hydrogen-bond acceptors (Lipinski definition) is 4. The second-order valence-corrected chi connectivity index (χ2v) is 10.2. The lowest BCUT2D eigenvalue weighted by molar-refractivity contribution is 0.104. The highest BCUT2D eigenvalue weighted by molar-refractivity contribution is 9.10. The summed E-state index contributed by atoms with van der Waals surface area (Å²) in [5.74, 6) is 0.0174. The number of halogens is 1. The number of benzene rings is 3. The van der Waals surface area contributed by atoms with Crippen molar-refractivity contribution in [2.24, 2.45) is 0 Å². The van der Waals surface area contributed by atoms with Gasteiger partial charge in [0.25, 0.3) is 0 Å². The van der Waals surface area contributed by atoms with E-state index in [0.717, 1.165) is 54.1 Å². The van der Waals surface area contributed by atoms with Crippen LogP contribution in [-0.4, -0.2) is 20.5 Å². The highest BCUT2D eigenvalue weighted by Crippen LogP contribution is 2.47. The zero-order valence-corrected chi connectivity index (χ0v) is 20.7. The molecule has 0 unspecified atom stereocenters. The quantitative estimate of drug-likeness (QED) is 0.233. The van der Waals surface area contributed by atoms with E-state index < -0.39 is 0 Å². The minimum absolute atomic E-state index is 0.0174. The molecule has 0 aliphatic heterocycles. The summed E-state index contributed by atoms with van der Waals surface area (Å²) < 4.78 is 2.89. The van der Waals surface area contributed by atoms with E-state index in [2.05, 4.69) is 34.1 Å². The van der Waals surface area contributed by atoms with E-state index in [-0.39, 0.29) is 5.78 Å². The van der Waals surface area contributed by atoms with E-state index in [0.29, 0.717) is 11.1 Å². The first-order valence-corrected chi connectivity index (χ1v) is 12.8. The molecular weight excluding hydrogens is 518 g/mol. The summed E-state index contributed by atoms with van der Waals surface area (Å²) >= 11 is 5.16. The molecule has 0 bridgehead atoms. The summed E-state index contributed by atoms with van der Waals surface area (Å²) in [6, 6.07) is 30.0. The van der Waals surface area contributed by atoms with Gasteiger partial charge in [0, 0.05) is 31.6 Å². The van der Waals surface area contributed by atoms with Crippen molar-refractivity contribution < 1.29 is 4.79 Å². The van der Waals surface area contributed by atoms with Crippen molar-refractivity contribution in [3.05, 3.63) is 112 Å². The summed E-state index contributed by atoms with van der Waals surface area (Å²) in [5.41, 5.74) is 7.29. The number of carbonyl (C=O) groups is 1. The number of pyridine rings is 1. The molecule has 0 atom stereocenters. The molecule has 35 heavy (non-hydrogen) atoms. The Morgan fingerprint density at radius 3 is 2.23 bits per heavy atom. The van der Waals surface area contributed by atoms with Crippen LogP contribution in [0.4, 0.5) is 0 Å². The lowest BCUT2D eigenvalue weighted by Crippen LogP contribution is -2.02. The lowest BCUT2D eigenvalue weighted by atomic mass is 9.97. The molecule has 0 radical (unpaired) electrons. The van der Waals surface area contributed by atoms with Crippen molar-refractivity contribution in [2.45, 2.75) is 0 Å². The number of ketones is 1. The Morgan fingerprint density at radius 2 is 1.49 bits per heavy atom. The average Bonchev–Trinajstić information content (AvgIpc) is 3.62. The number of carbonyl (C=O) groups excluding carboxylic acids is 1. The summed E-state index contributed by atoms with van der Waals surface area (Å²) in [5, 5.41) is 8.02. The molecule has 6 heteroatoms. The van der Waals surface area contributed by atoms with Crippen LogP contribution >= 0.6 is 27.3 Å². The van der Waals surface area contributed by atoms with E-state index in [9.17, 15) is 4.79 Å². The average molecular weight is 534 g/mol. The third kappa shape index (κ3) is 3.07. The molecule has 7 rings (SSSR count). The Kier molecular flexibility index (Phi) is 4.59. The van der Waals surface area contributed by atoms with Gasteiger partial charge in [-0.3, -0.25) is 4.79 Å². The van der Waals surface area contributed by atoms with Crippen molar-refractivity contribution >= 4 is 44.1 Å². The zero-order chi connectivity index (χ0) is 23.5. The second-order valence-electron chi connectivity index (χ2n) is 8.36. The van der Waals surface area contributed by atoms with Gasteiger partial charge in [0.1, 0.15) is 5.69 Å². The standard InChI is InChI=1S/C29H16BrN3OS/c30-18-12-14-19(15-13-18)33-29-25(26(32-33)17-7-2-1-3-8-17)23(22-11-6-16-35-22)24-27(31-29)20-9-4-5-10-21(20)28(24)34/h1-16H. The van der Waals surface area contributed by atoms with E-state index in [1.54, 1.807) is 11.3 Å². The molecule has 166 valence electrons. The lowest BCUT2D eigenvalue weighted by Gasteiger charge is -2.10. The number of hydrogen-bond donors (Lipinski definition) is 0. The minimum Gasteiger partial charge on any atom is -0.288 e. The van der Waals surface area contributed by atoms with E-state index in [1.807, 2.05) is 82.9 Å². The van der Waals surface area contributed by atoms with Gasteiger partial charge in [-0.2, -0.15) is 5.10 Å². The van der Waals surface area contributed by atoms with Gasteiger partial charge in [-0.1, -0.05) is 76.6 Å². The largest absolute Gasteiger partial charge is 0.288 e. The van der Waals surface area contributed by atoms with Gasteiger partial charge >= 0.3 is 0 Å². The molecule has 0 saturated carbocycles. The predicted octanol–water partition coefficient (Wildman–Crippen LogP) is 7.79. The fourth-order valence-electron chi connectivity index (χ4n) is 4.81. The van der Waals surface area contributed by atoms with Crippen LogP contribution in [-0.2, 0) is 0 Å². The van der Waals surface area contributed by atoms with Crippen molar-refractivity contribution in [3.8, 4) is 38.6 Å². The molecule has 6 aromatic rings. The molecule has 0 amide bonds. The van der Waals surface area contributed by atoms with Gasteiger partial charge in [0.2, 0.25) is 0 Å². The molecule has 3 aromatic heterocycles. The van der Waals surface area contributed by atoms with Crippen LogP contribution in [0.1, 0.15) is 15.9 Å². The smallest absolute Gasteiger partial charge is 0.196 e. The molecular formula is C29H16BrN3OS. The minimum atomic E-state index is 0.0174. The van der Waals surface area contributed by atoms with Gasteiger partial charge in [0.05, 0.1) is 22.3 Å². The van der Waals surface area contributed by atoms with E-state index in [4.69, 9.17) is 10.1 Å². The number of fused-ring (bicyclic) bond motifs is 4. The number of rotatable bonds is 3. The van der Waals surface area contributed by atoms with Gasteiger partial charge in [-0.25, -0.2) is 9.67 Å². The maximum atomic E-state index is 13.7. The normalized spacial score (nSPS) is 12.2. The fraction of sp³-hybridized carbons (Fsp3) is 0. The Labute approximate surface area is 213 Å². The predicted molar refractivity (Wildman–Crippen MR) is 144 cm³/mol. The van der Waals surface area contributed by atoms with Crippen LogP contribution < -0.4 is 0 Å². The Balaban J connectivity index is 1.68. The first kappa shape index (κ1) is 20.5. The Bertz CT molecular complexity index is 1750. The molecule has 0 spiro atoms. The topological polar surface area (TPSA) is 47.8 Å². The zero-order valence-electron chi connectivity index (χ0n) is 18.3. The monoisotopic (exact) mass is 533 g/mol. The van der Waals surface area contributed by atoms with Crippen LogP contribution in [0.15, 0.2) is 101 Å². The highest BCUT2D eigenvalue weighted by atomic mass is 79.9. The Morgan fingerprint density at radius 1 is 0.743 bits per heavy atom. The van der Waals surface area contributed by atoms with Crippen molar-refractivity contribution in [3.63, 3.8) is 0 Å². The Hall–Kier alpha value is -3.87. The van der Waals surface area contributed by atoms with Crippen molar-refractivity contribution in [2.75, 3.05) is 0 Å². The van der Waals surface area contributed by atoms with Crippen LogP contribution in [0.2, 0.25) is 0 Å². The van der Waals surface area contributed by atoms with Crippen LogP contribution in [0.5, 0.6) is 0 Å². The molecule has 4 nitrogen and oxygen atoms in total. The molecule has 3 aromatic carbocycles. The molecule has 0 N–H and O–H groups in total. The first-order valence-electron chi connectivity index (χ1n) is 11.2. The fourth-order valence-corrected chi connectivity index (χ4v) is 5.86. The van der Waals surface area contributed by atoms with Crippen LogP contribution in [0.25, 0.3) is 49.7 Å². The SMILES string of the molecule is O=C1c2ccccc2-c2nc3c(c(-c4ccccc4)nn3-c3ccc(Br)cc3)c(-c3cccs3)c21. The first-order chi connectivity index (χ1) is 17.2. The second kappa shape index (κ2) is 7.83. The van der Waals surface area contributed by atoms with Gasteiger partial charge < -0.3 is 0 Å². The summed E-state index contributed by atoms with van der Waals surface area (Å²) in [7, 11) is 0.